The van der Waals surface area contributed by atoms with Gasteiger partial charge < -0.3 is 14.8 Å². The van der Waals surface area contributed by atoms with Gasteiger partial charge in [0, 0.05) is 16.4 Å². The number of hydrogen-bond donors (Lipinski definition) is 2. The van der Waals surface area contributed by atoms with E-state index in [9.17, 15) is 13.2 Å². The van der Waals surface area contributed by atoms with Gasteiger partial charge in [-0.3, -0.25) is 9.52 Å². The van der Waals surface area contributed by atoms with Gasteiger partial charge in [0.25, 0.3) is 15.9 Å². The molecular formula is C23H23ClN2O5S. The van der Waals surface area contributed by atoms with Crippen LogP contribution in [0.25, 0.3) is 0 Å². The summed E-state index contributed by atoms with van der Waals surface area (Å²) in [6.45, 7) is 4.05. The van der Waals surface area contributed by atoms with E-state index in [2.05, 4.69) is 10.0 Å². The number of halogens is 1. The van der Waals surface area contributed by atoms with Crippen molar-refractivity contribution in [3.63, 3.8) is 0 Å². The van der Waals surface area contributed by atoms with Crippen molar-refractivity contribution in [3.05, 3.63) is 77.3 Å². The maximum absolute atomic E-state index is 12.6. The van der Waals surface area contributed by atoms with Crippen molar-refractivity contribution in [2.75, 3.05) is 23.3 Å². The molecule has 3 aromatic carbocycles. The van der Waals surface area contributed by atoms with Crippen molar-refractivity contribution in [2.24, 2.45) is 0 Å². The summed E-state index contributed by atoms with van der Waals surface area (Å²) in [4.78, 5) is 12.2. The number of carbonyl (C=O) groups is 1. The predicted molar refractivity (Wildman–Crippen MR) is 125 cm³/mol. The van der Waals surface area contributed by atoms with Gasteiger partial charge in [-0.25, -0.2) is 8.42 Å². The second kappa shape index (κ2) is 10.4. The van der Waals surface area contributed by atoms with E-state index in [1.54, 1.807) is 42.5 Å². The molecule has 0 aliphatic heterocycles. The number of carbonyl (C=O) groups excluding carboxylic acids is 1. The van der Waals surface area contributed by atoms with Crippen molar-refractivity contribution < 1.29 is 22.7 Å². The molecule has 9 heteroatoms. The summed E-state index contributed by atoms with van der Waals surface area (Å²) in [6.07, 6.45) is 0. The summed E-state index contributed by atoms with van der Waals surface area (Å²) in [5.41, 5.74) is 1.71. The highest BCUT2D eigenvalue weighted by Crippen LogP contribution is 2.22. The molecule has 0 aliphatic rings. The fourth-order valence-electron chi connectivity index (χ4n) is 2.77. The van der Waals surface area contributed by atoms with Crippen LogP contribution in [0, 0.1) is 6.92 Å². The molecule has 0 saturated carbocycles. The Morgan fingerprint density at radius 1 is 0.906 bits per heavy atom. The Hall–Kier alpha value is -3.23. The van der Waals surface area contributed by atoms with E-state index in [-0.39, 0.29) is 17.4 Å². The Morgan fingerprint density at radius 3 is 2.16 bits per heavy atom. The van der Waals surface area contributed by atoms with Gasteiger partial charge in [0.1, 0.15) is 11.5 Å². The van der Waals surface area contributed by atoms with Crippen LogP contribution in [0.1, 0.15) is 12.5 Å². The van der Waals surface area contributed by atoms with Gasteiger partial charge in [-0.2, -0.15) is 0 Å². The van der Waals surface area contributed by atoms with Crippen LogP contribution in [0.3, 0.4) is 0 Å². The van der Waals surface area contributed by atoms with Gasteiger partial charge in [0.05, 0.1) is 11.5 Å². The van der Waals surface area contributed by atoms with Crippen LogP contribution >= 0.6 is 11.6 Å². The molecule has 0 heterocycles. The van der Waals surface area contributed by atoms with E-state index >= 15 is 0 Å². The first-order valence-corrected chi connectivity index (χ1v) is 11.7. The summed E-state index contributed by atoms with van der Waals surface area (Å²) in [5, 5.41) is 3.28. The third kappa shape index (κ3) is 6.38. The van der Waals surface area contributed by atoms with Crippen molar-refractivity contribution in [3.8, 4) is 11.5 Å². The molecule has 0 bridgehead atoms. The summed E-state index contributed by atoms with van der Waals surface area (Å²) >= 11 is 5.97. The number of anilines is 2. The number of ether oxygens (including phenoxy) is 2. The number of nitrogens with one attached hydrogen (secondary N) is 2. The van der Waals surface area contributed by atoms with Gasteiger partial charge in [-0.1, -0.05) is 11.6 Å². The Bertz CT molecular complexity index is 1180. The third-order valence-corrected chi connectivity index (χ3v) is 6.19. The second-order valence-electron chi connectivity index (χ2n) is 6.84. The predicted octanol–water partition coefficient (Wildman–Crippen LogP) is 4.87. The highest BCUT2D eigenvalue weighted by atomic mass is 35.5. The highest BCUT2D eigenvalue weighted by Gasteiger charge is 2.14. The minimum Gasteiger partial charge on any atom is -0.494 e. The molecule has 0 aromatic heterocycles. The quantitative estimate of drug-likeness (QED) is 0.461. The minimum absolute atomic E-state index is 0.0669. The molecule has 0 aliphatic carbocycles. The average Bonchev–Trinajstić information content (AvgIpc) is 2.76. The zero-order valence-corrected chi connectivity index (χ0v) is 19.2. The first-order valence-electron chi connectivity index (χ1n) is 9.81. The Morgan fingerprint density at radius 2 is 1.53 bits per heavy atom. The van der Waals surface area contributed by atoms with Crippen LogP contribution in [-0.2, 0) is 14.8 Å². The molecule has 3 rings (SSSR count). The van der Waals surface area contributed by atoms with Gasteiger partial charge in [-0.05, 0) is 86.1 Å². The fraction of sp³-hybridized carbons (Fsp3) is 0.174. The number of benzene rings is 3. The summed E-state index contributed by atoms with van der Waals surface area (Å²) < 4.78 is 38.5. The van der Waals surface area contributed by atoms with Gasteiger partial charge >= 0.3 is 0 Å². The lowest BCUT2D eigenvalue weighted by atomic mass is 10.2. The molecule has 0 unspecified atom stereocenters. The average molecular weight is 475 g/mol. The summed E-state index contributed by atoms with van der Waals surface area (Å²) in [6, 6.07) is 17.6. The van der Waals surface area contributed by atoms with E-state index in [1.807, 2.05) is 13.8 Å². The second-order valence-corrected chi connectivity index (χ2v) is 8.92. The van der Waals surface area contributed by atoms with Crippen LogP contribution in [0.15, 0.2) is 71.6 Å². The molecule has 2 N–H and O–H groups in total. The molecule has 7 nitrogen and oxygen atoms in total. The number of aryl methyl sites for hydroxylation is 1. The molecule has 0 saturated heterocycles. The van der Waals surface area contributed by atoms with E-state index in [4.69, 9.17) is 21.1 Å². The van der Waals surface area contributed by atoms with E-state index in [0.29, 0.717) is 34.5 Å². The van der Waals surface area contributed by atoms with Crippen molar-refractivity contribution >= 4 is 38.9 Å². The lowest BCUT2D eigenvalue weighted by Gasteiger charge is -2.11. The molecule has 0 atom stereocenters. The summed E-state index contributed by atoms with van der Waals surface area (Å²) in [7, 11) is -3.78. The van der Waals surface area contributed by atoms with Crippen molar-refractivity contribution in [1.82, 2.24) is 0 Å². The van der Waals surface area contributed by atoms with Gasteiger partial charge in [0.2, 0.25) is 0 Å². The zero-order chi connectivity index (χ0) is 23.1. The monoisotopic (exact) mass is 474 g/mol. The molecule has 0 fully saturated rings. The van der Waals surface area contributed by atoms with Gasteiger partial charge in [0.15, 0.2) is 6.61 Å². The van der Waals surface area contributed by atoms with Crippen molar-refractivity contribution in [2.45, 2.75) is 18.7 Å². The maximum Gasteiger partial charge on any atom is 0.262 e. The van der Waals surface area contributed by atoms with Crippen molar-refractivity contribution in [1.29, 1.82) is 0 Å². The number of amides is 1. The first kappa shape index (κ1) is 23.4. The Balaban J connectivity index is 1.57. The number of hydrogen-bond acceptors (Lipinski definition) is 5. The summed E-state index contributed by atoms with van der Waals surface area (Å²) in [5.74, 6) is 0.815. The molecule has 168 valence electrons. The molecule has 0 radical (unpaired) electrons. The van der Waals surface area contributed by atoms with Crippen LogP contribution in [0.2, 0.25) is 5.02 Å². The van der Waals surface area contributed by atoms with E-state index < -0.39 is 10.0 Å². The van der Waals surface area contributed by atoms with Crippen LogP contribution in [0.5, 0.6) is 11.5 Å². The van der Waals surface area contributed by atoms with E-state index in [0.717, 1.165) is 5.56 Å². The fourth-order valence-corrected chi connectivity index (χ4v) is 3.95. The van der Waals surface area contributed by atoms with Gasteiger partial charge in [-0.15, -0.1) is 0 Å². The minimum atomic E-state index is -3.78. The zero-order valence-electron chi connectivity index (χ0n) is 17.6. The SMILES string of the molecule is CCOc1ccc(NS(=O)(=O)c2ccc(NC(=O)COc3ccc(Cl)c(C)c3)cc2)cc1. The Kier molecular flexibility index (Phi) is 7.61. The standard InChI is InChI=1S/C23H23ClN2O5S/c1-3-30-19-8-4-18(5-9-19)26-32(28,29)21-11-6-17(7-12-21)25-23(27)15-31-20-10-13-22(24)16(2)14-20/h4-14,26H,3,15H2,1-2H3,(H,25,27). The van der Waals surface area contributed by atoms with Crippen LogP contribution in [0.4, 0.5) is 11.4 Å². The Labute approximate surface area is 192 Å². The largest absolute Gasteiger partial charge is 0.494 e. The van der Waals surface area contributed by atoms with E-state index in [1.165, 1.54) is 24.3 Å². The third-order valence-electron chi connectivity index (χ3n) is 4.37. The molecular weight excluding hydrogens is 452 g/mol. The van der Waals surface area contributed by atoms with Crippen LogP contribution in [-0.4, -0.2) is 27.5 Å². The number of sulfonamides is 1. The lowest BCUT2D eigenvalue weighted by Crippen LogP contribution is -2.20. The smallest absolute Gasteiger partial charge is 0.262 e. The molecule has 3 aromatic rings. The highest BCUT2D eigenvalue weighted by molar-refractivity contribution is 7.92. The molecule has 32 heavy (non-hydrogen) atoms. The molecule has 0 spiro atoms. The first-order chi connectivity index (χ1) is 15.3. The topological polar surface area (TPSA) is 93.7 Å². The molecule has 1 amide bonds. The number of rotatable bonds is 9. The maximum atomic E-state index is 12.6. The normalized spacial score (nSPS) is 11.0. The lowest BCUT2D eigenvalue weighted by molar-refractivity contribution is -0.118. The van der Waals surface area contributed by atoms with Crippen LogP contribution < -0.4 is 19.5 Å².